The third kappa shape index (κ3) is 3.65. The van der Waals surface area contributed by atoms with Crippen molar-refractivity contribution in [3.8, 4) is 34.2 Å². The van der Waals surface area contributed by atoms with Gasteiger partial charge in [-0.3, -0.25) is 0 Å². The van der Waals surface area contributed by atoms with Crippen molar-refractivity contribution in [3.63, 3.8) is 0 Å². The Labute approximate surface area is 140 Å². The number of methoxy groups -OCH3 is 1. The number of rotatable bonds is 4. The first-order chi connectivity index (χ1) is 11.9. The van der Waals surface area contributed by atoms with E-state index in [1.165, 1.54) is 48.3 Å². The topological polar surface area (TPSA) is 69.4 Å². The smallest absolute Gasteiger partial charge is 0.504 e. The number of phenols is 1. The molecule has 0 aliphatic rings. The highest BCUT2D eigenvalue weighted by molar-refractivity contribution is 5.65. The normalized spacial score (nSPS) is 11.4. The van der Waals surface area contributed by atoms with Crippen molar-refractivity contribution in [2.24, 2.45) is 0 Å². The van der Waals surface area contributed by atoms with Gasteiger partial charge in [0.2, 0.25) is 0 Å². The zero-order valence-electron chi connectivity index (χ0n) is 12.9. The minimum atomic E-state index is -4.75. The molecule has 9 heteroatoms. The number of benzene rings is 2. The Balaban J connectivity index is 1.93. The highest BCUT2D eigenvalue weighted by Gasteiger charge is 2.31. The van der Waals surface area contributed by atoms with Gasteiger partial charge in [-0.25, -0.2) is 4.68 Å². The van der Waals surface area contributed by atoms with Gasteiger partial charge < -0.3 is 14.6 Å². The molecule has 0 atom stereocenters. The third-order valence-electron chi connectivity index (χ3n) is 3.34. The number of aromatic nitrogens is 3. The molecule has 1 aromatic heterocycles. The van der Waals surface area contributed by atoms with Crippen LogP contribution in [0.4, 0.5) is 13.2 Å². The Bertz CT molecular complexity index is 876. The van der Waals surface area contributed by atoms with Crippen LogP contribution in [0.2, 0.25) is 0 Å². The largest absolute Gasteiger partial charge is 0.573 e. The highest BCUT2D eigenvalue weighted by atomic mass is 19.4. The minimum Gasteiger partial charge on any atom is -0.504 e. The molecule has 0 radical (unpaired) electrons. The fourth-order valence-electron chi connectivity index (χ4n) is 2.26. The van der Waals surface area contributed by atoms with E-state index < -0.39 is 6.36 Å². The van der Waals surface area contributed by atoms with Gasteiger partial charge in [0.1, 0.15) is 5.75 Å². The summed E-state index contributed by atoms with van der Waals surface area (Å²) >= 11 is 0. The fraction of sp³-hybridized carbons (Fsp3) is 0.125. The van der Waals surface area contributed by atoms with Crippen molar-refractivity contribution in [1.82, 2.24) is 15.0 Å². The van der Waals surface area contributed by atoms with Crippen LogP contribution in [0.25, 0.3) is 16.9 Å². The van der Waals surface area contributed by atoms with E-state index in [2.05, 4.69) is 15.0 Å². The minimum absolute atomic E-state index is 0.0540. The van der Waals surface area contributed by atoms with Crippen LogP contribution in [0.5, 0.6) is 17.2 Å². The van der Waals surface area contributed by atoms with Crippen molar-refractivity contribution >= 4 is 0 Å². The summed E-state index contributed by atoms with van der Waals surface area (Å²) in [5, 5.41) is 17.6. The fourth-order valence-corrected chi connectivity index (χ4v) is 2.26. The van der Waals surface area contributed by atoms with Crippen molar-refractivity contribution < 1.29 is 27.8 Å². The second kappa shape index (κ2) is 6.34. The lowest BCUT2D eigenvalue weighted by Gasteiger charge is -2.11. The molecule has 130 valence electrons. The van der Waals surface area contributed by atoms with Gasteiger partial charge in [0.05, 0.1) is 24.7 Å². The molecule has 0 fully saturated rings. The van der Waals surface area contributed by atoms with E-state index in [-0.39, 0.29) is 11.5 Å². The van der Waals surface area contributed by atoms with E-state index in [0.717, 1.165) is 0 Å². The molecule has 0 aliphatic heterocycles. The van der Waals surface area contributed by atoms with Crippen molar-refractivity contribution in [3.05, 3.63) is 48.7 Å². The molecule has 3 rings (SSSR count). The first kappa shape index (κ1) is 16.6. The number of aromatic hydroxyl groups is 1. The lowest BCUT2D eigenvalue weighted by molar-refractivity contribution is -0.274. The molecule has 2 aromatic carbocycles. The van der Waals surface area contributed by atoms with Crippen LogP contribution < -0.4 is 9.47 Å². The Kier molecular flexibility index (Phi) is 4.22. The molecule has 0 unspecified atom stereocenters. The van der Waals surface area contributed by atoms with E-state index in [0.29, 0.717) is 22.7 Å². The van der Waals surface area contributed by atoms with Crippen LogP contribution in [0.15, 0.2) is 48.7 Å². The number of hydrogen-bond donors (Lipinski definition) is 1. The zero-order chi connectivity index (χ0) is 18.0. The summed E-state index contributed by atoms with van der Waals surface area (Å²) in [6, 6.07) is 9.97. The van der Waals surface area contributed by atoms with Crippen LogP contribution in [-0.4, -0.2) is 33.6 Å². The zero-order valence-corrected chi connectivity index (χ0v) is 12.9. The molecule has 0 aliphatic carbocycles. The van der Waals surface area contributed by atoms with Crippen LogP contribution in [0, 0.1) is 0 Å². The average molecular weight is 351 g/mol. The summed E-state index contributed by atoms with van der Waals surface area (Å²) in [5.41, 5.74) is 1.64. The van der Waals surface area contributed by atoms with Crippen molar-refractivity contribution in [1.29, 1.82) is 0 Å². The quantitative estimate of drug-likeness (QED) is 0.778. The monoisotopic (exact) mass is 351 g/mol. The lowest BCUT2D eigenvalue weighted by Crippen LogP contribution is -2.17. The number of hydrogen-bond acceptors (Lipinski definition) is 5. The molecule has 0 bridgehead atoms. The highest BCUT2D eigenvalue weighted by Crippen LogP contribution is 2.32. The maximum absolute atomic E-state index is 12.2. The first-order valence-electron chi connectivity index (χ1n) is 7.01. The van der Waals surface area contributed by atoms with Crippen molar-refractivity contribution in [2.45, 2.75) is 6.36 Å². The third-order valence-corrected chi connectivity index (χ3v) is 3.34. The van der Waals surface area contributed by atoms with Gasteiger partial charge in [-0.15, -0.1) is 18.3 Å². The number of alkyl halides is 3. The molecule has 0 amide bonds. The van der Waals surface area contributed by atoms with E-state index in [1.807, 2.05) is 0 Å². The van der Waals surface area contributed by atoms with Gasteiger partial charge in [0.15, 0.2) is 11.5 Å². The maximum Gasteiger partial charge on any atom is 0.573 e. The van der Waals surface area contributed by atoms with Crippen LogP contribution in [0.3, 0.4) is 0 Å². The summed E-state index contributed by atoms with van der Waals surface area (Å²) < 4.78 is 46.9. The molecular formula is C16H12F3N3O3. The predicted molar refractivity (Wildman–Crippen MR) is 81.7 cm³/mol. The van der Waals surface area contributed by atoms with Gasteiger partial charge in [-0.2, -0.15) is 0 Å². The van der Waals surface area contributed by atoms with Crippen LogP contribution >= 0.6 is 0 Å². The summed E-state index contributed by atoms with van der Waals surface area (Å²) in [5.74, 6) is -0.0712. The van der Waals surface area contributed by atoms with Gasteiger partial charge in [-0.05, 0) is 42.5 Å². The average Bonchev–Trinajstić information content (AvgIpc) is 3.03. The Morgan fingerprint density at radius 3 is 2.40 bits per heavy atom. The van der Waals surface area contributed by atoms with E-state index >= 15 is 0 Å². The Morgan fingerprint density at radius 1 is 1.08 bits per heavy atom. The second-order valence-corrected chi connectivity index (χ2v) is 4.96. The molecule has 0 saturated heterocycles. The maximum atomic E-state index is 12.2. The molecule has 25 heavy (non-hydrogen) atoms. The summed E-state index contributed by atoms with van der Waals surface area (Å²) in [6.45, 7) is 0. The Hall–Kier alpha value is -3.23. The Morgan fingerprint density at radius 2 is 1.80 bits per heavy atom. The van der Waals surface area contributed by atoms with Gasteiger partial charge in [-0.1, -0.05) is 5.21 Å². The molecule has 0 saturated carbocycles. The SMILES string of the molecule is COc1ccc(-c2cnnn2-c2ccc(OC(F)(F)F)cc2)cc1O. The molecule has 1 heterocycles. The van der Waals surface area contributed by atoms with E-state index in [4.69, 9.17) is 4.74 Å². The number of halogens is 3. The standard InChI is InChI=1S/C16H12F3N3O3/c1-24-15-7-2-10(8-14(15)23)13-9-20-21-22(13)11-3-5-12(6-4-11)25-16(17,18)19/h2-9,23H,1H3. The van der Waals surface area contributed by atoms with Crippen molar-refractivity contribution in [2.75, 3.05) is 7.11 Å². The molecule has 0 spiro atoms. The van der Waals surface area contributed by atoms with Gasteiger partial charge in [0, 0.05) is 5.56 Å². The molecule has 1 N–H and O–H groups in total. The van der Waals surface area contributed by atoms with E-state index in [1.54, 1.807) is 12.1 Å². The molecule has 6 nitrogen and oxygen atoms in total. The summed E-state index contributed by atoms with van der Waals surface area (Å²) in [4.78, 5) is 0. The molecular weight excluding hydrogens is 339 g/mol. The lowest BCUT2D eigenvalue weighted by atomic mass is 10.1. The predicted octanol–water partition coefficient (Wildman–Crippen LogP) is 3.55. The van der Waals surface area contributed by atoms with Crippen LogP contribution in [-0.2, 0) is 0 Å². The van der Waals surface area contributed by atoms with Crippen LogP contribution in [0.1, 0.15) is 0 Å². The number of nitrogens with zero attached hydrogens (tertiary/aromatic N) is 3. The number of ether oxygens (including phenoxy) is 2. The summed E-state index contributed by atoms with van der Waals surface area (Å²) in [6.07, 6.45) is -3.28. The van der Waals surface area contributed by atoms with E-state index in [9.17, 15) is 18.3 Å². The van der Waals surface area contributed by atoms with Gasteiger partial charge >= 0.3 is 6.36 Å². The van der Waals surface area contributed by atoms with Gasteiger partial charge in [0.25, 0.3) is 0 Å². The second-order valence-electron chi connectivity index (χ2n) is 4.96. The molecule has 3 aromatic rings. The first-order valence-corrected chi connectivity index (χ1v) is 7.01. The number of phenolic OH excluding ortho intramolecular Hbond substituents is 1. The summed E-state index contributed by atoms with van der Waals surface area (Å²) in [7, 11) is 1.44.